The van der Waals surface area contributed by atoms with Gasteiger partial charge in [-0.1, -0.05) is 6.07 Å². The van der Waals surface area contributed by atoms with Crippen molar-refractivity contribution in [1.29, 1.82) is 0 Å². The molecule has 0 radical (unpaired) electrons. The summed E-state index contributed by atoms with van der Waals surface area (Å²) in [6.45, 7) is 5.39. The summed E-state index contributed by atoms with van der Waals surface area (Å²) in [7, 11) is 0. The number of likely N-dealkylation sites (tertiary alicyclic amines) is 1. The SMILES string of the molecule is O=C([C@H]1[C@H]2C[C@H](CN(CCc3cccnc3)C2)[C@@H]2CCCC(=O)N21)N1CCOCC1. The summed E-state index contributed by atoms with van der Waals surface area (Å²) < 4.78 is 5.45. The van der Waals surface area contributed by atoms with Gasteiger partial charge in [-0.05, 0) is 43.2 Å². The third-order valence-electron chi connectivity index (χ3n) is 7.43. The first kappa shape index (κ1) is 19.9. The van der Waals surface area contributed by atoms with Gasteiger partial charge in [0.15, 0.2) is 0 Å². The van der Waals surface area contributed by atoms with E-state index >= 15 is 0 Å². The lowest BCUT2D eigenvalue weighted by Gasteiger charge is -2.56. The van der Waals surface area contributed by atoms with Crippen molar-refractivity contribution < 1.29 is 14.3 Å². The summed E-state index contributed by atoms with van der Waals surface area (Å²) in [5, 5.41) is 0. The maximum Gasteiger partial charge on any atom is 0.245 e. The van der Waals surface area contributed by atoms with Gasteiger partial charge in [0.1, 0.15) is 6.04 Å². The molecule has 2 bridgehead atoms. The monoisotopic (exact) mass is 412 g/mol. The van der Waals surface area contributed by atoms with E-state index in [0.717, 1.165) is 45.3 Å². The van der Waals surface area contributed by atoms with Crippen molar-refractivity contribution in [3.8, 4) is 0 Å². The van der Waals surface area contributed by atoms with E-state index in [2.05, 4.69) is 16.0 Å². The van der Waals surface area contributed by atoms with Crippen LogP contribution in [0.5, 0.6) is 0 Å². The van der Waals surface area contributed by atoms with Crippen LogP contribution >= 0.6 is 0 Å². The first-order valence-electron chi connectivity index (χ1n) is 11.5. The number of hydrogen-bond donors (Lipinski definition) is 0. The molecule has 0 spiro atoms. The number of nitrogens with zero attached hydrogens (tertiary/aromatic N) is 4. The van der Waals surface area contributed by atoms with Crippen molar-refractivity contribution in [1.82, 2.24) is 19.7 Å². The Morgan fingerprint density at radius 2 is 2.03 bits per heavy atom. The highest BCUT2D eigenvalue weighted by Gasteiger charge is 2.52. The van der Waals surface area contributed by atoms with Crippen molar-refractivity contribution in [3.05, 3.63) is 30.1 Å². The minimum absolute atomic E-state index is 0.149. The predicted molar refractivity (Wildman–Crippen MR) is 112 cm³/mol. The molecule has 4 aliphatic heterocycles. The van der Waals surface area contributed by atoms with Gasteiger partial charge < -0.3 is 19.4 Å². The van der Waals surface area contributed by atoms with E-state index in [4.69, 9.17) is 4.74 Å². The van der Waals surface area contributed by atoms with E-state index in [1.165, 1.54) is 5.56 Å². The van der Waals surface area contributed by atoms with Crippen molar-refractivity contribution in [2.75, 3.05) is 45.9 Å². The molecule has 162 valence electrons. The average Bonchev–Trinajstić information content (AvgIpc) is 2.79. The number of pyridine rings is 1. The molecule has 5 heterocycles. The largest absolute Gasteiger partial charge is 0.378 e. The molecule has 0 N–H and O–H groups in total. The van der Waals surface area contributed by atoms with Gasteiger partial charge in [-0.25, -0.2) is 0 Å². The highest BCUT2D eigenvalue weighted by molar-refractivity contribution is 5.89. The van der Waals surface area contributed by atoms with E-state index in [1.54, 1.807) is 0 Å². The zero-order chi connectivity index (χ0) is 20.5. The number of carbonyl (C=O) groups excluding carboxylic acids is 2. The molecule has 30 heavy (non-hydrogen) atoms. The summed E-state index contributed by atoms with van der Waals surface area (Å²) in [5.74, 6) is 1.05. The Hall–Kier alpha value is -1.99. The number of amides is 2. The van der Waals surface area contributed by atoms with E-state index in [9.17, 15) is 9.59 Å². The van der Waals surface area contributed by atoms with Gasteiger partial charge in [0, 0.05) is 63.5 Å². The van der Waals surface area contributed by atoms with Crippen LogP contribution in [-0.2, 0) is 20.7 Å². The quantitative estimate of drug-likeness (QED) is 0.743. The Kier molecular flexibility index (Phi) is 5.74. The van der Waals surface area contributed by atoms with Crippen LogP contribution in [0.3, 0.4) is 0 Å². The molecule has 0 saturated carbocycles. The minimum atomic E-state index is -0.293. The van der Waals surface area contributed by atoms with Crippen LogP contribution in [0, 0.1) is 11.8 Å². The lowest BCUT2D eigenvalue weighted by Crippen LogP contribution is -2.69. The zero-order valence-corrected chi connectivity index (χ0v) is 17.6. The highest BCUT2D eigenvalue weighted by Crippen LogP contribution is 2.42. The number of rotatable bonds is 4. The van der Waals surface area contributed by atoms with E-state index in [-0.39, 0.29) is 29.8 Å². The van der Waals surface area contributed by atoms with Gasteiger partial charge in [0.25, 0.3) is 0 Å². The molecule has 1 aromatic rings. The number of morpholine rings is 1. The normalized spacial score (nSPS) is 32.1. The summed E-state index contributed by atoms with van der Waals surface area (Å²) in [4.78, 5) is 37.3. The molecule has 4 aliphatic rings. The lowest BCUT2D eigenvalue weighted by atomic mass is 9.71. The molecule has 4 saturated heterocycles. The number of piperidine rings is 3. The topological polar surface area (TPSA) is 66.0 Å². The average molecular weight is 413 g/mol. The molecular weight excluding hydrogens is 380 g/mol. The van der Waals surface area contributed by atoms with Crippen LogP contribution in [-0.4, -0.2) is 89.5 Å². The van der Waals surface area contributed by atoms with Crippen LogP contribution in [0.15, 0.2) is 24.5 Å². The van der Waals surface area contributed by atoms with Gasteiger partial charge in [-0.15, -0.1) is 0 Å². The molecule has 7 heteroatoms. The van der Waals surface area contributed by atoms with Crippen molar-refractivity contribution in [2.24, 2.45) is 11.8 Å². The Bertz CT molecular complexity index is 767. The second-order valence-corrected chi connectivity index (χ2v) is 9.27. The molecule has 0 aliphatic carbocycles. The predicted octanol–water partition coefficient (Wildman–Crippen LogP) is 1.18. The first-order chi connectivity index (χ1) is 14.7. The van der Waals surface area contributed by atoms with Crippen LogP contribution in [0.4, 0.5) is 0 Å². The number of aromatic nitrogens is 1. The fourth-order valence-electron chi connectivity index (χ4n) is 6.06. The second kappa shape index (κ2) is 8.63. The van der Waals surface area contributed by atoms with Gasteiger partial charge in [-0.2, -0.15) is 0 Å². The van der Waals surface area contributed by atoms with Gasteiger partial charge in [0.2, 0.25) is 11.8 Å². The molecule has 2 amide bonds. The maximum absolute atomic E-state index is 13.6. The minimum Gasteiger partial charge on any atom is -0.378 e. The Labute approximate surface area is 178 Å². The second-order valence-electron chi connectivity index (χ2n) is 9.27. The molecular formula is C23H32N4O3. The molecule has 4 fully saturated rings. The Morgan fingerprint density at radius 3 is 2.83 bits per heavy atom. The van der Waals surface area contributed by atoms with Crippen molar-refractivity contribution in [2.45, 2.75) is 44.2 Å². The summed E-state index contributed by atoms with van der Waals surface area (Å²) >= 11 is 0. The van der Waals surface area contributed by atoms with Crippen LogP contribution in [0.25, 0.3) is 0 Å². The third kappa shape index (κ3) is 3.85. The number of carbonyl (C=O) groups is 2. The van der Waals surface area contributed by atoms with Crippen LogP contribution in [0.2, 0.25) is 0 Å². The van der Waals surface area contributed by atoms with E-state index in [0.29, 0.717) is 38.6 Å². The summed E-state index contributed by atoms with van der Waals surface area (Å²) in [5.41, 5.74) is 1.25. The third-order valence-corrected chi connectivity index (χ3v) is 7.43. The molecule has 4 atom stereocenters. The smallest absolute Gasteiger partial charge is 0.245 e. The maximum atomic E-state index is 13.6. The highest BCUT2D eigenvalue weighted by atomic mass is 16.5. The summed E-state index contributed by atoms with van der Waals surface area (Å²) in [6.07, 6.45) is 8.37. The number of ether oxygens (including phenoxy) is 1. The molecule has 0 unspecified atom stereocenters. The fraction of sp³-hybridized carbons (Fsp3) is 0.696. The van der Waals surface area contributed by atoms with E-state index in [1.807, 2.05) is 28.3 Å². The van der Waals surface area contributed by atoms with Gasteiger partial charge in [-0.3, -0.25) is 14.6 Å². The fourth-order valence-corrected chi connectivity index (χ4v) is 6.06. The van der Waals surface area contributed by atoms with Crippen molar-refractivity contribution >= 4 is 11.8 Å². The van der Waals surface area contributed by atoms with Gasteiger partial charge in [0.05, 0.1) is 13.2 Å². The van der Waals surface area contributed by atoms with Crippen LogP contribution in [0.1, 0.15) is 31.2 Å². The lowest BCUT2D eigenvalue weighted by molar-refractivity contribution is -0.167. The standard InChI is InChI=1S/C23H32N4O3/c28-21-5-1-4-20-18-13-19(16-25(15-18)8-6-17-3-2-7-24-14-17)22(27(20)21)23(29)26-9-11-30-12-10-26/h2-3,7,14,18-20,22H,1,4-6,8-13,15-16H2/t18-,19+,20+,22-/m1/s1. The number of hydrogen-bond acceptors (Lipinski definition) is 5. The Balaban J connectivity index is 1.35. The molecule has 0 aromatic carbocycles. The van der Waals surface area contributed by atoms with Crippen LogP contribution < -0.4 is 0 Å². The first-order valence-corrected chi connectivity index (χ1v) is 11.5. The van der Waals surface area contributed by atoms with Crippen molar-refractivity contribution in [3.63, 3.8) is 0 Å². The Morgan fingerprint density at radius 1 is 1.20 bits per heavy atom. The summed E-state index contributed by atoms with van der Waals surface area (Å²) in [6, 6.07) is 4.05. The molecule has 7 nitrogen and oxygen atoms in total. The van der Waals surface area contributed by atoms with E-state index < -0.39 is 0 Å². The molecule has 5 rings (SSSR count). The number of fused-ring (bicyclic) bond motifs is 4. The molecule has 1 aromatic heterocycles. The zero-order valence-electron chi connectivity index (χ0n) is 17.6. The van der Waals surface area contributed by atoms with Gasteiger partial charge >= 0.3 is 0 Å².